The molecule has 1 atom stereocenters. The Labute approximate surface area is 86.7 Å². The lowest BCUT2D eigenvalue weighted by atomic mass is 10.1. The van der Waals surface area contributed by atoms with E-state index in [1.807, 2.05) is 12.1 Å². The number of rotatable bonds is 7. The fourth-order valence-electron chi connectivity index (χ4n) is 1.49. The van der Waals surface area contributed by atoms with E-state index in [2.05, 4.69) is 19.2 Å². The average Bonchev–Trinajstić information content (AvgIpc) is 2.68. The maximum absolute atomic E-state index is 5.25. The maximum atomic E-state index is 5.25. The van der Waals surface area contributed by atoms with Gasteiger partial charge < -0.3 is 9.73 Å². The summed E-state index contributed by atoms with van der Waals surface area (Å²) in [5, 5.41) is 3.45. The fourth-order valence-corrected chi connectivity index (χ4v) is 1.49. The molecule has 0 fully saturated rings. The van der Waals surface area contributed by atoms with Gasteiger partial charge in [-0.1, -0.05) is 26.2 Å². The Hall–Kier alpha value is -0.760. The Bertz CT molecular complexity index is 218. The number of hydrogen-bond donors (Lipinski definition) is 1. The van der Waals surface area contributed by atoms with Gasteiger partial charge in [-0.25, -0.2) is 0 Å². The Morgan fingerprint density at radius 1 is 1.43 bits per heavy atom. The van der Waals surface area contributed by atoms with Gasteiger partial charge in [0.2, 0.25) is 0 Å². The molecule has 1 aromatic heterocycles. The van der Waals surface area contributed by atoms with Crippen LogP contribution in [0.1, 0.15) is 45.3 Å². The zero-order chi connectivity index (χ0) is 10.2. The van der Waals surface area contributed by atoms with Gasteiger partial charge in [0.25, 0.3) is 0 Å². The minimum absolute atomic E-state index is 0.589. The maximum Gasteiger partial charge on any atom is 0.117 e. The smallest absolute Gasteiger partial charge is 0.117 e. The molecular formula is C12H21NO. The van der Waals surface area contributed by atoms with Crippen molar-refractivity contribution in [2.45, 2.75) is 52.1 Å². The van der Waals surface area contributed by atoms with E-state index in [-0.39, 0.29) is 0 Å². The monoisotopic (exact) mass is 195 g/mol. The highest BCUT2D eigenvalue weighted by molar-refractivity contribution is 4.97. The van der Waals surface area contributed by atoms with Crippen molar-refractivity contribution < 1.29 is 4.42 Å². The molecule has 0 radical (unpaired) electrons. The molecule has 80 valence electrons. The molecule has 2 nitrogen and oxygen atoms in total. The van der Waals surface area contributed by atoms with E-state index in [1.165, 1.54) is 25.7 Å². The lowest BCUT2D eigenvalue weighted by molar-refractivity contribution is 0.434. The van der Waals surface area contributed by atoms with E-state index in [4.69, 9.17) is 4.42 Å². The van der Waals surface area contributed by atoms with E-state index in [1.54, 1.807) is 6.26 Å². The van der Waals surface area contributed by atoms with Crippen molar-refractivity contribution in [2.24, 2.45) is 0 Å². The third-order valence-electron chi connectivity index (χ3n) is 2.45. The number of hydrogen-bond acceptors (Lipinski definition) is 2. The van der Waals surface area contributed by atoms with Gasteiger partial charge in [-0.15, -0.1) is 0 Å². The number of furan rings is 1. The predicted octanol–water partition coefficient (Wildman–Crippen LogP) is 3.34. The number of nitrogens with one attached hydrogen (secondary N) is 1. The molecule has 0 saturated heterocycles. The van der Waals surface area contributed by atoms with Crippen molar-refractivity contribution in [3.63, 3.8) is 0 Å². The van der Waals surface area contributed by atoms with Gasteiger partial charge >= 0.3 is 0 Å². The summed E-state index contributed by atoms with van der Waals surface area (Å²) in [6, 6.07) is 4.52. The van der Waals surface area contributed by atoms with Crippen molar-refractivity contribution in [3.05, 3.63) is 24.2 Å². The summed E-state index contributed by atoms with van der Waals surface area (Å²) in [6.07, 6.45) is 6.94. The SMILES string of the molecule is CCCCCC(C)NCc1ccco1. The van der Waals surface area contributed by atoms with Gasteiger partial charge in [0, 0.05) is 6.04 Å². The molecule has 0 aliphatic heterocycles. The van der Waals surface area contributed by atoms with E-state index in [9.17, 15) is 0 Å². The van der Waals surface area contributed by atoms with Gasteiger partial charge in [-0.2, -0.15) is 0 Å². The predicted molar refractivity (Wildman–Crippen MR) is 59.2 cm³/mol. The second-order valence-corrected chi connectivity index (χ2v) is 3.86. The second kappa shape index (κ2) is 6.66. The van der Waals surface area contributed by atoms with Crippen molar-refractivity contribution in [3.8, 4) is 0 Å². The van der Waals surface area contributed by atoms with Crippen LogP contribution in [-0.4, -0.2) is 6.04 Å². The minimum Gasteiger partial charge on any atom is -0.468 e. The third kappa shape index (κ3) is 4.47. The van der Waals surface area contributed by atoms with E-state index in [0.29, 0.717) is 6.04 Å². The molecule has 1 N–H and O–H groups in total. The summed E-state index contributed by atoms with van der Waals surface area (Å²) in [6.45, 7) is 5.32. The topological polar surface area (TPSA) is 25.2 Å². The van der Waals surface area contributed by atoms with E-state index in [0.717, 1.165) is 12.3 Å². The van der Waals surface area contributed by atoms with Crippen molar-refractivity contribution in [1.29, 1.82) is 0 Å². The van der Waals surface area contributed by atoms with Crippen LogP contribution in [0.4, 0.5) is 0 Å². The molecule has 1 rings (SSSR count). The van der Waals surface area contributed by atoms with Crippen LogP contribution in [0.15, 0.2) is 22.8 Å². The minimum atomic E-state index is 0.589. The first-order valence-electron chi connectivity index (χ1n) is 5.58. The molecule has 0 saturated carbocycles. The van der Waals surface area contributed by atoms with Crippen LogP contribution in [0, 0.1) is 0 Å². The van der Waals surface area contributed by atoms with Crippen LogP contribution >= 0.6 is 0 Å². The molecular weight excluding hydrogens is 174 g/mol. The third-order valence-corrected chi connectivity index (χ3v) is 2.45. The quantitative estimate of drug-likeness (QED) is 0.675. The summed E-state index contributed by atoms with van der Waals surface area (Å²) >= 11 is 0. The van der Waals surface area contributed by atoms with E-state index >= 15 is 0 Å². The lowest BCUT2D eigenvalue weighted by Gasteiger charge is -2.11. The highest BCUT2D eigenvalue weighted by atomic mass is 16.3. The van der Waals surface area contributed by atoms with Gasteiger partial charge in [0.05, 0.1) is 12.8 Å². The normalized spacial score (nSPS) is 13.0. The standard InChI is InChI=1S/C12H21NO/c1-3-4-5-7-11(2)13-10-12-8-6-9-14-12/h6,8-9,11,13H,3-5,7,10H2,1-2H3. The molecule has 1 heterocycles. The lowest BCUT2D eigenvalue weighted by Crippen LogP contribution is -2.25. The van der Waals surface area contributed by atoms with E-state index < -0.39 is 0 Å². The van der Waals surface area contributed by atoms with Gasteiger partial charge in [0.15, 0.2) is 0 Å². The highest BCUT2D eigenvalue weighted by Crippen LogP contribution is 2.04. The molecule has 14 heavy (non-hydrogen) atoms. The first kappa shape index (κ1) is 11.3. The second-order valence-electron chi connectivity index (χ2n) is 3.86. The van der Waals surface area contributed by atoms with Crippen LogP contribution in [0.5, 0.6) is 0 Å². The zero-order valence-electron chi connectivity index (χ0n) is 9.25. The summed E-state index contributed by atoms with van der Waals surface area (Å²) in [5.41, 5.74) is 0. The molecule has 0 aliphatic carbocycles. The van der Waals surface area contributed by atoms with Gasteiger partial charge in [0.1, 0.15) is 5.76 Å². The largest absolute Gasteiger partial charge is 0.468 e. The summed E-state index contributed by atoms with van der Waals surface area (Å²) in [5.74, 6) is 1.02. The van der Waals surface area contributed by atoms with Crippen LogP contribution in [0.3, 0.4) is 0 Å². The van der Waals surface area contributed by atoms with Gasteiger partial charge in [-0.3, -0.25) is 0 Å². The molecule has 0 amide bonds. The van der Waals surface area contributed by atoms with Crippen molar-refractivity contribution >= 4 is 0 Å². The van der Waals surface area contributed by atoms with Crippen molar-refractivity contribution in [1.82, 2.24) is 5.32 Å². The molecule has 0 spiro atoms. The molecule has 1 aromatic rings. The summed E-state index contributed by atoms with van der Waals surface area (Å²) < 4.78 is 5.25. The molecule has 0 aromatic carbocycles. The number of unbranched alkanes of at least 4 members (excludes halogenated alkanes) is 2. The Kier molecular flexibility index (Phi) is 5.38. The molecule has 2 heteroatoms. The fraction of sp³-hybridized carbons (Fsp3) is 0.667. The highest BCUT2D eigenvalue weighted by Gasteiger charge is 2.01. The Balaban J connectivity index is 2.06. The molecule has 0 aliphatic rings. The van der Waals surface area contributed by atoms with Crippen LogP contribution < -0.4 is 5.32 Å². The van der Waals surface area contributed by atoms with Gasteiger partial charge in [-0.05, 0) is 25.5 Å². The zero-order valence-corrected chi connectivity index (χ0v) is 9.25. The Morgan fingerprint density at radius 2 is 2.29 bits per heavy atom. The molecule has 0 bridgehead atoms. The summed E-state index contributed by atoms with van der Waals surface area (Å²) in [4.78, 5) is 0. The summed E-state index contributed by atoms with van der Waals surface area (Å²) in [7, 11) is 0. The Morgan fingerprint density at radius 3 is 2.93 bits per heavy atom. The average molecular weight is 195 g/mol. The first-order chi connectivity index (χ1) is 6.83. The first-order valence-corrected chi connectivity index (χ1v) is 5.58. The molecule has 1 unspecified atom stereocenters. The van der Waals surface area contributed by atoms with Crippen LogP contribution in [0.2, 0.25) is 0 Å². The van der Waals surface area contributed by atoms with Crippen molar-refractivity contribution in [2.75, 3.05) is 0 Å². The van der Waals surface area contributed by atoms with Crippen LogP contribution in [0.25, 0.3) is 0 Å². The van der Waals surface area contributed by atoms with Crippen LogP contribution in [-0.2, 0) is 6.54 Å².